The Hall–Kier alpha value is -6.68. The lowest BCUT2D eigenvalue weighted by atomic mass is 9.77. The Balaban J connectivity index is 9.32. The van der Waals surface area contributed by atoms with E-state index in [0.717, 1.165) is 12.8 Å². The average Bonchev–Trinajstić information content (AvgIpc) is 0.813. The molecule has 0 aliphatic carbocycles. The van der Waals surface area contributed by atoms with Gasteiger partial charge in [-0.1, -0.05) is 124 Å². The second kappa shape index (κ2) is 69.2. The Morgan fingerprint density at radius 2 is 0.454 bits per heavy atom. The third-order valence-electron chi connectivity index (χ3n) is 21.9. The third-order valence-corrected chi connectivity index (χ3v) is 21.9. The maximum Gasteiger partial charge on any atom is 0.317 e. The Kier molecular flexibility index (Phi) is 65.6. The molecule has 0 aromatic heterocycles. The van der Waals surface area contributed by atoms with Crippen molar-refractivity contribution < 1.29 is 152 Å². The number of ether oxygens (including phenoxy) is 20. The van der Waals surface area contributed by atoms with Gasteiger partial charge in [-0.25, -0.2) is 0 Å². The molecule has 758 valence electrons. The van der Waals surface area contributed by atoms with E-state index in [-0.39, 0.29) is 189 Å². The summed E-state index contributed by atoms with van der Waals surface area (Å²) in [5.41, 5.74) is -11.4. The summed E-state index contributed by atoms with van der Waals surface area (Å²) in [6, 6.07) is 0. The first-order chi connectivity index (χ1) is 61.7. The van der Waals surface area contributed by atoms with E-state index in [1.54, 1.807) is 27.7 Å². The van der Waals surface area contributed by atoms with Gasteiger partial charge in [0.25, 0.3) is 0 Å². The molecule has 32 nitrogen and oxygen atoms in total. The Morgan fingerprint density at radius 1 is 0.223 bits per heavy atom. The average molecular weight is 1860 g/mol. The third kappa shape index (κ3) is 54.6. The molecule has 0 heterocycles. The molecule has 0 bridgehead atoms. The van der Waals surface area contributed by atoms with Crippen LogP contribution in [0.4, 0.5) is 0 Å². The molecule has 0 saturated carbocycles. The highest BCUT2D eigenvalue weighted by Crippen LogP contribution is 2.40. The van der Waals surface area contributed by atoms with Gasteiger partial charge in [-0.3, -0.25) is 57.5 Å². The van der Waals surface area contributed by atoms with Crippen LogP contribution in [0.3, 0.4) is 0 Å². The van der Waals surface area contributed by atoms with E-state index in [1.165, 1.54) is 0 Å². The number of hydrogen-bond acceptors (Lipinski definition) is 32. The first-order valence-corrected chi connectivity index (χ1v) is 48.5. The van der Waals surface area contributed by atoms with Crippen LogP contribution in [0, 0.1) is 32.5 Å². The lowest BCUT2D eigenvalue weighted by molar-refractivity contribution is -0.191. The van der Waals surface area contributed by atoms with Gasteiger partial charge in [-0.05, 0) is 150 Å². The van der Waals surface area contributed by atoms with Crippen molar-refractivity contribution in [2.24, 2.45) is 32.5 Å². The Bertz CT molecular complexity index is 3090. The minimum absolute atomic E-state index is 0.00521. The smallest absolute Gasteiger partial charge is 0.317 e. The monoisotopic (exact) mass is 1860 g/mol. The molecule has 0 aliphatic rings. The van der Waals surface area contributed by atoms with Crippen LogP contribution in [0.1, 0.15) is 344 Å². The van der Waals surface area contributed by atoms with Gasteiger partial charge in [-0.15, -0.1) is 0 Å². The van der Waals surface area contributed by atoms with Gasteiger partial charge >= 0.3 is 71.6 Å². The summed E-state index contributed by atoms with van der Waals surface area (Å²) in [6.07, 6.45) is 8.03. The molecule has 5 unspecified atom stereocenters. The van der Waals surface area contributed by atoms with Crippen molar-refractivity contribution in [3.8, 4) is 0 Å². The van der Waals surface area contributed by atoms with Gasteiger partial charge in [0.15, 0.2) is 0 Å². The Morgan fingerprint density at radius 3 is 0.723 bits per heavy atom. The van der Waals surface area contributed by atoms with Crippen LogP contribution >= 0.6 is 0 Å². The summed E-state index contributed by atoms with van der Waals surface area (Å²) < 4.78 is 126. The van der Waals surface area contributed by atoms with E-state index in [0.29, 0.717) is 96.3 Å². The number of esters is 12. The van der Waals surface area contributed by atoms with Gasteiger partial charge in [0, 0.05) is 77.4 Å². The molecule has 5 atom stereocenters. The fourth-order valence-electron chi connectivity index (χ4n) is 13.8. The molecule has 0 aromatic rings. The van der Waals surface area contributed by atoms with E-state index in [1.807, 2.05) is 118 Å². The zero-order valence-electron chi connectivity index (χ0n) is 84.0. The molecular formula is C98H174O32. The highest BCUT2D eigenvalue weighted by molar-refractivity contribution is 5.91. The second-order valence-electron chi connectivity index (χ2n) is 36.9. The summed E-state index contributed by atoms with van der Waals surface area (Å²) in [6.45, 7) is 31.9. The maximum absolute atomic E-state index is 15.0. The predicted molar refractivity (Wildman–Crippen MR) is 487 cm³/mol. The van der Waals surface area contributed by atoms with Gasteiger partial charge in [0.2, 0.25) is 0 Å². The number of carbonyl (C=O) groups excluding carboxylic acids is 12. The normalized spacial score (nSPS) is 14.1. The lowest BCUT2D eigenvalue weighted by Gasteiger charge is -2.43. The van der Waals surface area contributed by atoms with Gasteiger partial charge in [-0.2, -0.15) is 0 Å². The molecule has 32 heteroatoms. The minimum Gasteiger partial charge on any atom is -0.465 e. The van der Waals surface area contributed by atoms with Crippen molar-refractivity contribution in [3.05, 3.63) is 0 Å². The van der Waals surface area contributed by atoms with Crippen molar-refractivity contribution in [2.45, 2.75) is 367 Å². The number of carbonyl (C=O) groups is 12. The molecular weight excluding hydrogens is 1690 g/mol. The summed E-state index contributed by atoms with van der Waals surface area (Å²) in [7, 11) is 0. The predicted octanol–water partition coefficient (Wildman–Crippen LogP) is 16.7. The van der Waals surface area contributed by atoms with E-state index in [4.69, 9.17) is 94.7 Å². The molecule has 0 radical (unpaired) electrons. The quantitative estimate of drug-likeness (QED) is 0.0236. The standard InChI is InChI=1S/C98H174O32/c1-22-38-78(99)116-61-93(62-117-79(100)39-23-2,74-129-91(20,36-15)49-33-12)53-77(17)115-65-97(70-124-86(107)46-30-9,59-113-57-95(55-111-50-34-13,66-120-82(103)42-26-5)67-121-83(104)43-27-6)71-126-88(109)52-89(110)127-73-98(72-125-87(108)47-31-10,60-114-58-96(56-112-51-35-14,68-122-84(105)44-28-7)69-123-85(106)45-29-8)76-130-92(21,37-16)54-94(63-118-80(101)40-24-3,64-119-81(102)41-25-4)75-128-90(18,19)48-32-11/h77H,22-76H2,1-21H3. The van der Waals surface area contributed by atoms with E-state index in [9.17, 15) is 52.7 Å². The summed E-state index contributed by atoms with van der Waals surface area (Å²) >= 11 is 0. The molecule has 0 aromatic carbocycles. The van der Waals surface area contributed by atoms with E-state index in [2.05, 4.69) is 0 Å². The van der Waals surface area contributed by atoms with Gasteiger partial charge < -0.3 is 94.7 Å². The summed E-state index contributed by atoms with van der Waals surface area (Å²) in [5, 5.41) is 0. The van der Waals surface area contributed by atoms with Crippen LogP contribution in [0.5, 0.6) is 0 Å². The zero-order valence-corrected chi connectivity index (χ0v) is 84.0. The molecule has 0 N–H and O–H groups in total. The number of hydrogen-bond donors (Lipinski definition) is 0. The summed E-state index contributed by atoms with van der Waals surface area (Å²) in [5.74, 6) is -7.73. The first-order valence-electron chi connectivity index (χ1n) is 48.5. The second-order valence-corrected chi connectivity index (χ2v) is 36.9. The number of rotatable bonds is 84. The van der Waals surface area contributed by atoms with Crippen LogP contribution in [0.25, 0.3) is 0 Å². The molecule has 0 aliphatic heterocycles. The van der Waals surface area contributed by atoms with Gasteiger partial charge in [0.1, 0.15) is 85.7 Å². The lowest BCUT2D eigenvalue weighted by Crippen LogP contribution is -2.50. The first kappa shape index (κ1) is 123. The van der Waals surface area contributed by atoms with Gasteiger partial charge in [0.05, 0.1) is 121 Å². The molecule has 0 fully saturated rings. The molecule has 0 amide bonds. The van der Waals surface area contributed by atoms with Crippen LogP contribution in [0.2, 0.25) is 0 Å². The maximum atomic E-state index is 15.0. The van der Waals surface area contributed by atoms with E-state index >= 15 is 4.79 Å². The van der Waals surface area contributed by atoms with Crippen LogP contribution in [-0.2, 0) is 152 Å². The zero-order chi connectivity index (χ0) is 98.0. The molecule has 130 heavy (non-hydrogen) atoms. The summed E-state index contributed by atoms with van der Waals surface area (Å²) in [4.78, 5) is 165. The van der Waals surface area contributed by atoms with Crippen LogP contribution in [0.15, 0.2) is 0 Å². The molecule has 0 spiro atoms. The van der Waals surface area contributed by atoms with Crippen molar-refractivity contribution in [2.75, 3.05) is 159 Å². The fourth-order valence-corrected chi connectivity index (χ4v) is 13.8. The van der Waals surface area contributed by atoms with Crippen molar-refractivity contribution in [1.29, 1.82) is 0 Å². The van der Waals surface area contributed by atoms with Crippen molar-refractivity contribution in [1.82, 2.24) is 0 Å². The van der Waals surface area contributed by atoms with E-state index < -0.39 is 186 Å². The Labute approximate surface area is 778 Å². The highest BCUT2D eigenvalue weighted by Gasteiger charge is 2.48. The fraction of sp³-hybridized carbons (Fsp3) is 0.878. The SMILES string of the molecule is CCCOCC(COCC(COC(=O)CCC)(COC(=O)CC(=O)OCC(COCC(COCCC)(COC(=O)CCC)COC(=O)CCC)(COC(=O)CCC)COC(C)(CC)CC(COC(=O)CCC)(COC(=O)CCC)COC(C)(C)CCC)COC(C)CC(COC(=O)CCC)(COC(=O)CCC)COC(C)(CC)CCC)(COC(=O)CCC)COC(=O)CCC. The highest BCUT2D eigenvalue weighted by atomic mass is 16.6. The van der Waals surface area contributed by atoms with Crippen molar-refractivity contribution in [3.63, 3.8) is 0 Å². The van der Waals surface area contributed by atoms with Crippen LogP contribution in [-0.4, -0.2) is 253 Å². The molecule has 0 saturated heterocycles. The van der Waals surface area contributed by atoms with Crippen molar-refractivity contribution >= 4 is 71.6 Å². The largest absolute Gasteiger partial charge is 0.465 e. The minimum atomic E-state index is -1.75. The van der Waals surface area contributed by atoms with Crippen LogP contribution < -0.4 is 0 Å². The molecule has 0 rings (SSSR count). The topological polar surface area (TPSA) is 389 Å².